The summed E-state index contributed by atoms with van der Waals surface area (Å²) in [5, 5.41) is 6.67. The minimum absolute atomic E-state index is 0.0298. The Morgan fingerprint density at radius 2 is 2.23 bits per heavy atom. The van der Waals surface area contributed by atoms with E-state index in [2.05, 4.69) is 10.6 Å². The van der Waals surface area contributed by atoms with Crippen molar-refractivity contribution in [2.75, 3.05) is 24.5 Å². The zero-order valence-corrected chi connectivity index (χ0v) is 13.3. The average molecular weight is 322 g/mol. The molecule has 1 aromatic carbocycles. The average Bonchev–Trinajstić information content (AvgIpc) is 2.78. The van der Waals surface area contributed by atoms with Crippen LogP contribution in [0, 0.1) is 11.8 Å². The SMILES string of the molecule is CC(C(=O)NC1CCN(c2cccc(Cl)c2)C1=O)C1CNC1. The second-order valence-corrected chi connectivity index (χ2v) is 6.46. The molecule has 6 heteroatoms. The van der Waals surface area contributed by atoms with Crippen molar-refractivity contribution in [2.24, 2.45) is 11.8 Å². The molecule has 0 aromatic heterocycles. The van der Waals surface area contributed by atoms with Crippen molar-refractivity contribution < 1.29 is 9.59 Å². The summed E-state index contributed by atoms with van der Waals surface area (Å²) in [7, 11) is 0. The van der Waals surface area contributed by atoms with E-state index in [-0.39, 0.29) is 17.7 Å². The molecular formula is C16H20ClN3O2. The predicted octanol–water partition coefficient (Wildman–Crippen LogP) is 1.42. The van der Waals surface area contributed by atoms with Crippen molar-refractivity contribution >= 4 is 29.1 Å². The van der Waals surface area contributed by atoms with Gasteiger partial charge in [-0.15, -0.1) is 0 Å². The molecule has 1 aromatic rings. The lowest BCUT2D eigenvalue weighted by molar-refractivity contribution is -0.130. The summed E-state index contributed by atoms with van der Waals surface area (Å²) in [5.41, 5.74) is 0.783. The fourth-order valence-electron chi connectivity index (χ4n) is 2.90. The molecule has 2 atom stereocenters. The summed E-state index contributed by atoms with van der Waals surface area (Å²) < 4.78 is 0. The van der Waals surface area contributed by atoms with E-state index in [0.29, 0.717) is 23.9 Å². The number of hydrogen-bond acceptors (Lipinski definition) is 3. The molecule has 2 N–H and O–H groups in total. The topological polar surface area (TPSA) is 61.4 Å². The van der Waals surface area contributed by atoms with E-state index in [1.807, 2.05) is 19.1 Å². The molecular weight excluding hydrogens is 302 g/mol. The second kappa shape index (κ2) is 6.26. The first-order valence-corrected chi connectivity index (χ1v) is 8.02. The second-order valence-electron chi connectivity index (χ2n) is 6.03. The van der Waals surface area contributed by atoms with Gasteiger partial charge in [0, 0.05) is 23.2 Å². The van der Waals surface area contributed by atoms with Crippen LogP contribution < -0.4 is 15.5 Å². The Balaban J connectivity index is 1.62. The molecule has 0 bridgehead atoms. The lowest BCUT2D eigenvalue weighted by Gasteiger charge is -2.32. The summed E-state index contributed by atoms with van der Waals surface area (Å²) in [6.45, 7) is 4.28. The largest absolute Gasteiger partial charge is 0.344 e. The van der Waals surface area contributed by atoms with Crippen LogP contribution in [-0.2, 0) is 9.59 Å². The third kappa shape index (κ3) is 2.96. The number of halogens is 1. The van der Waals surface area contributed by atoms with Gasteiger partial charge < -0.3 is 15.5 Å². The van der Waals surface area contributed by atoms with Gasteiger partial charge in [-0.05, 0) is 43.6 Å². The summed E-state index contributed by atoms with van der Waals surface area (Å²) in [4.78, 5) is 26.4. The fraction of sp³-hybridized carbons (Fsp3) is 0.500. The molecule has 118 valence electrons. The smallest absolute Gasteiger partial charge is 0.249 e. The molecule has 2 unspecified atom stereocenters. The van der Waals surface area contributed by atoms with Gasteiger partial charge in [-0.3, -0.25) is 9.59 Å². The summed E-state index contributed by atoms with van der Waals surface area (Å²) in [6.07, 6.45) is 0.632. The molecule has 2 fully saturated rings. The van der Waals surface area contributed by atoms with E-state index in [9.17, 15) is 9.59 Å². The van der Waals surface area contributed by atoms with E-state index in [0.717, 1.165) is 18.8 Å². The van der Waals surface area contributed by atoms with Gasteiger partial charge in [-0.2, -0.15) is 0 Å². The van der Waals surface area contributed by atoms with Crippen LogP contribution in [0.4, 0.5) is 5.69 Å². The van der Waals surface area contributed by atoms with Gasteiger partial charge in [0.15, 0.2) is 0 Å². The molecule has 3 rings (SSSR count). The quantitative estimate of drug-likeness (QED) is 0.881. The van der Waals surface area contributed by atoms with Crippen molar-refractivity contribution in [3.05, 3.63) is 29.3 Å². The van der Waals surface area contributed by atoms with Gasteiger partial charge >= 0.3 is 0 Å². The van der Waals surface area contributed by atoms with Gasteiger partial charge in [0.25, 0.3) is 0 Å². The number of amides is 2. The number of benzene rings is 1. The summed E-state index contributed by atoms with van der Waals surface area (Å²) >= 11 is 5.98. The third-order valence-corrected chi connectivity index (χ3v) is 4.81. The summed E-state index contributed by atoms with van der Waals surface area (Å²) in [6, 6.07) is 6.80. The number of rotatable bonds is 4. The third-order valence-electron chi connectivity index (χ3n) is 4.58. The molecule has 0 saturated carbocycles. The first kappa shape index (κ1) is 15.3. The highest BCUT2D eigenvalue weighted by Crippen LogP contribution is 2.25. The number of nitrogens with zero attached hydrogens (tertiary/aromatic N) is 1. The molecule has 0 aliphatic carbocycles. The van der Waals surface area contributed by atoms with Crippen LogP contribution >= 0.6 is 11.6 Å². The molecule has 0 radical (unpaired) electrons. The van der Waals surface area contributed by atoms with E-state index in [1.165, 1.54) is 0 Å². The number of anilines is 1. The van der Waals surface area contributed by atoms with Crippen LogP contribution in [0.25, 0.3) is 0 Å². The van der Waals surface area contributed by atoms with E-state index in [4.69, 9.17) is 11.6 Å². The molecule has 2 aliphatic rings. The molecule has 0 spiro atoms. The van der Waals surface area contributed by atoms with Crippen molar-refractivity contribution in [3.63, 3.8) is 0 Å². The van der Waals surface area contributed by atoms with Crippen LogP contribution in [0.15, 0.2) is 24.3 Å². The van der Waals surface area contributed by atoms with Crippen LogP contribution in [0.3, 0.4) is 0 Å². The Hall–Kier alpha value is -1.59. The standard InChI is InChI=1S/C16H20ClN3O2/c1-10(11-8-18-9-11)15(21)19-14-5-6-20(16(14)22)13-4-2-3-12(17)7-13/h2-4,7,10-11,14,18H,5-6,8-9H2,1H3,(H,19,21). The van der Waals surface area contributed by atoms with E-state index in [1.54, 1.807) is 17.0 Å². The highest BCUT2D eigenvalue weighted by Gasteiger charge is 2.36. The van der Waals surface area contributed by atoms with Gasteiger partial charge in [0.1, 0.15) is 6.04 Å². The maximum absolute atomic E-state index is 12.5. The van der Waals surface area contributed by atoms with Crippen molar-refractivity contribution in [1.82, 2.24) is 10.6 Å². The Bertz CT molecular complexity index is 589. The number of nitrogens with one attached hydrogen (secondary N) is 2. The highest BCUT2D eigenvalue weighted by atomic mass is 35.5. The van der Waals surface area contributed by atoms with Gasteiger partial charge in [-0.1, -0.05) is 24.6 Å². The maximum atomic E-state index is 12.5. The zero-order chi connectivity index (χ0) is 15.7. The summed E-state index contributed by atoms with van der Waals surface area (Å²) in [5.74, 6) is 0.224. The first-order valence-electron chi connectivity index (χ1n) is 7.64. The molecule has 2 saturated heterocycles. The fourth-order valence-corrected chi connectivity index (χ4v) is 3.08. The Labute approximate surface area is 135 Å². The van der Waals surface area contributed by atoms with Gasteiger partial charge in [0.05, 0.1) is 0 Å². The van der Waals surface area contributed by atoms with E-state index < -0.39 is 6.04 Å². The molecule has 5 nitrogen and oxygen atoms in total. The minimum Gasteiger partial charge on any atom is -0.344 e. The number of hydrogen-bond donors (Lipinski definition) is 2. The minimum atomic E-state index is -0.429. The molecule has 2 heterocycles. The van der Waals surface area contributed by atoms with E-state index >= 15 is 0 Å². The van der Waals surface area contributed by atoms with Crippen LogP contribution in [0.1, 0.15) is 13.3 Å². The molecule has 2 aliphatic heterocycles. The molecule has 22 heavy (non-hydrogen) atoms. The van der Waals surface area contributed by atoms with Gasteiger partial charge in [0.2, 0.25) is 11.8 Å². The van der Waals surface area contributed by atoms with Crippen LogP contribution in [-0.4, -0.2) is 37.5 Å². The van der Waals surface area contributed by atoms with Crippen molar-refractivity contribution in [3.8, 4) is 0 Å². The Kier molecular flexibility index (Phi) is 4.36. The number of carbonyl (C=O) groups is 2. The van der Waals surface area contributed by atoms with Crippen molar-refractivity contribution in [2.45, 2.75) is 19.4 Å². The van der Waals surface area contributed by atoms with Gasteiger partial charge in [-0.25, -0.2) is 0 Å². The highest BCUT2D eigenvalue weighted by molar-refractivity contribution is 6.31. The van der Waals surface area contributed by atoms with Crippen molar-refractivity contribution in [1.29, 1.82) is 0 Å². The zero-order valence-electron chi connectivity index (χ0n) is 12.5. The monoisotopic (exact) mass is 321 g/mol. The normalized spacial score (nSPS) is 23.3. The lowest BCUT2D eigenvalue weighted by Crippen LogP contribution is -2.52. The maximum Gasteiger partial charge on any atom is 0.249 e. The van der Waals surface area contributed by atoms with Crippen LogP contribution in [0.5, 0.6) is 0 Å². The molecule has 2 amide bonds. The first-order chi connectivity index (χ1) is 10.6. The lowest BCUT2D eigenvalue weighted by atomic mass is 9.88. The Morgan fingerprint density at radius 1 is 1.45 bits per heavy atom. The predicted molar refractivity (Wildman–Crippen MR) is 85.9 cm³/mol. The van der Waals surface area contributed by atoms with Crippen LogP contribution in [0.2, 0.25) is 5.02 Å². The Morgan fingerprint density at radius 3 is 2.86 bits per heavy atom. The number of carbonyl (C=O) groups excluding carboxylic acids is 2.